The highest BCUT2D eigenvalue weighted by Crippen LogP contribution is 2.20. The van der Waals surface area contributed by atoms with Crippen LogP contribution in [0.1, 0.15) is 25.7 Å². The van der Waals surface area contributed by atoms with Gasteiger partial charge in [0.25, 0.3) is 0 Å². The van der Waals surface area contributed by atoms with Gasteiger partial charge in [-0.05, 0) is 25.7 Å². The van der Waals surface area contributed by atoms with Crippen molar-refractivity contribution in [3.8, 4) is 0 Å². The third kappa shape index (κ3) is 24.3. The third-order valence-corrected chi connectivity index (χ3v) is 8.18. The maximum Gasteiger partial charge on any atom is 0.309 e. The molecule has 2 fully saturated rings. The molecule has 0 aromatic heterocycles. The molecule has 2 aliphatic rings. The lowest BCUT2D eigenvalue weighted by atomic mass is 10.0. The summed E-state index contributed by atoms with van der Waals surface area (Å²) in [6.07, 6.45) is 3.59. The minimum absolute atomic E-state index is 0.0359. The SMILES string of the molecule is COCCOCCOCCS(=O)CC1CCCOC1=O.COCCOCCOCCSCC1CCCOC1=O.OO. The Bertz CT molecular complexity index is 643. The highest BCUT2D eigenvalue weighted by molar-refractivity contribution is 7.99. The van der Waals surface area contributed by atoms with Gasteiger partial charge in [-0.25, -0.2) is 0 Å². The van der Waals surface area contributed by atoms with Crippen LogP contribution in [0.5, 0.6) is 0 Å². The number of carbonyl (C=O) groups is 2. The van der Waals surface area contributed by atoms with Crippen LogP contribution in [0.25, 0.3) is 0 Å². The summed E-state index contributed by atoms with van der Waals surface area (Å²) >= 11 is 1.75. The molecule has 2 heterocycles. The molecule has 0 saturated carbocycles. The lowest BCUT2D eigenvalue weighted by Crippen LogP contribution is -2.29. The van der Waals surface area contributed by atoms with E-state index >= 15 is 0 Å². The van der Waals surface area contributed by atoms with Gasteiger partial charge in [0.05, 0.1) is 91.1 Å². The lowest BCUT2D eigenvalue weighted by molar-refractivity contribution is -0.176. The first kappa shape index (κ1) is 40.1. The number of hydrogen-bond donors (Lipinski definition) is 2. The van der Waals surface area contributed by atoms with Crippen molar-refractivity contribution in [2.24, 2.45) is 11.8 Å². The largest absolute Gasteiger partial charge is 0.465 e. The average molecular weight is 635 g/mol. The van der Waals surface area contributed by atoms with Gasteiger partial charge >= 0.3 is 11.9 Å². The quantitative estimate of drug-likeness (QED) is 0.0765. The van der Waals surface area contributed by atoms with Crippen molar-refractivity contribution in [3.05, 3.63) is 0 Å². The summed E-state index contributed by atoms with van der Waals surface area (Å²) in [6, 6.07) is 0. The number of cyclic esters (lactones) is 2. The molecule has 13 nitrogen and oxygen atoms in total. The predicted molar refractivity (Wildman–Crippen MR) is 155 cm³/mol. The second-order valence-corrected chi connectivity index (χ2v) is 11.6. The van der Waals surface area contributed by atoms with Gasteiger partial charge < -0.3 is 37.9 Å². The van der Waals surface area contributed by atoms with E-state index < -0.39 is 10.8 Å². The normalized spacial score (nSPS) is 19.2. The highest BCUT2D eigenvalue weighted by Gasteiger charge is 2.26. The van der Waals surface area contributed by atoms with Crippen LogP contribution in [0.4, 0.5) is 0 Å². The van der Waals surface area contributed by atoms with E-state index in [4.69, 9.17) is 48.4 Å². The summed E-state index contributed by atoms with van der Waals surface area (Å²) in [7, 11) is 2.24. The molecule has 2 saturated heterocycles. The van der Waals surface area contributed by atoms with E-state index in [0.717, 1.165) is 37.2 Å². The molecule has 15 heteroatoms. The van der Waals surface area contributed by atoms with E-state index in [0.29, 0.717) is 90.8 Å². The van der Waals surface area contributed by atoms with Crippen LogP contribution in [-0.2, 0) is 58.3 Å². The van der Waals surface area contributed by atoms with Crippen molar-refractivity contribution < 1.29 is 62.2 Å². The number of hydrogen-bond acceptors (Lipinski definition) is 14. The number of ether oxygens (including phenoxy) is 8. The molecule has 0 bridgehead atoms. The Labute approximate surface area is 250 Å². The molecule has 2 N–H and O–H groups in total. The van der Waals surface area contributed by atoms with Crippen molar-refractivity contribution in [1.82, 2.24) is 0 Å². The predicted octanol–water partition coefficient (Wildman–Crippen LogP) is 1.74. The number of methoxy groups -OCH3 is 2. The minimum Gasteiger partial charge on any atom is -0.465 e. The van der Waals surface area contributed by atoms with Crippen LogP contribution in [0.2, 0.25) is 0 Å². The van der Waals surface area contributed by atoms with Crippen molar-refractivity contribution in [2.45, 2.75) is 25.7 Å². The molecule has 0 aromatic rings. The summed E-state index contributed by atoms with van der Waals surface area (Å²) in [5.74, 6) is 2.20. The third-order valence-electron chi connectivity index (χ3n) is 5.69. The molecule has 0 radical (unpaired) electrons. The maximum atomic E-state index is 11.8. The van der Waals surface area contributed by atoms with Crippen molar-refractivity contribution in [3.63, 3.8) is 0 Å². The maximum absolute atomic E-state index is 11.8. The first-order chi connectivity index (χ1) is 20.1. The molecule has 0 spiro atoms. The summed E-state index contributed by atoms with van der Waals surface area (Å²) in [6.45, 7) is 6.74. The lowest BCUT2D eigenvalue weighted by Gasteiger charge is -2.20. The Morgan fingerprint density at radius 2 is 1.20 bits per heavy atom. The Morgan fingerprint density at radius 3 is 1.71 bits per heavy atom. The average Bonchev–Trinajstić information content (AvgIpc) is 2.99. The van der Waals surface area contributed by atoms with E-state index in [9.17, 15) is 13.8 Å². The number of carbonyl (C=O) groups excluding carboxylic acids is 2. The second kappa shape index (κ2) is 30.6. The highest BCUT2D eigenvalue weighted by atomic mass is 32.2. The van der Waals surface area contributed by atoms with E-state index in [1.54, 1.807) is 26.0 Å². The molecule has 2 rings (SSSR count). The standard InChI is InChI=1S/C13H24O6S.C13H24O5S.H2O2/c1-16-5-6-17-7-8-18-9-10-20(15)11-12-3-2-4-19-13(12)14;1-15-5-6-16-7-8-17-9-10-19-11-12-3-2-4-18-13(12)14;1-2/h12H,2-11H2,1H3;12H,2-11H2,1H3;1-2H. The summed E-state index contributed by atoms with van der Waals surface area (Å²) in [4.78, 5) is 22.8. The van der Waals surface area contributed by atoms with Gasteiger partial charge in [-0.3, -0.25) is 24.3 Å². The first-order valence-corrected chi connectivity index (χ1v) is 16.5. The molecule has 0 amide bonds. The smallest absolute Gasteiger partial charge is 0.309 e. The Hall–Kier alpha value is -0.880. The van der Waals surface area contributed by atoms with Crippen LogP contribution >= 0.6 is 11.8 Å². The van der Waals surface area contributed by atoms with E-state index in [1.807, 2.05) is 0 Å². The molecule has 2 aliphatic heterocycles. The Kier molecular flexibility index (Phi) is 29.9. The topological polar surface area (TPSA) is 166 Å². The molecular weight excluding hydrogens is 584 g/mol. The van der Waals surface area contributed by atoms with Gasteiger partial charge in [0.2, 0.25) is 0 Å². The van der Waals surface area contributed by atoms with Crippen molar-refractivity contribution >= 4 is 34.5 Å². The fourth-order valence-electron chi connectivity index (χ4n) is 3.51. The molecular formula is C26H50O13S2. The molecule has 244 valence electrons. The first-order valence-electron chi connectivity index (χ1n) is 13.8. The molecule has 0 aromatic carbocycles. The summed E-state index contributed by atoms with van der Waals surface area (Å²) < 4.78 is 52.7. The van der Waals surface area contributed by atoms with Crippen LogP contribution in [0.15, 0.2) is 0 Å². The van der Waals surface area contributed by atoms with Gasteiger partial charge in [-0.2, -0.15) is 11.8 Å². The number of thioether (sulfide) groups is 1. The number of esters is 2. The van der Waals surface area contributed by atoms with Crippen molar-refractivity contribution in [2.75, 3.05) is 117 Å². The summed E-state index contributed by atoms with van der Waals surface area (Å²) in [5, 5.41) is 12.0. The Balaban J connectivity index is 0.000000737. The van der Waals surface area contributed by atoms with Crippen molar-refractivity contribution in [1.29, 1.82) is 0 Å². The summed E-state index contributed by atoms with van der Waals surface area (Å²) in [5.41, 5.74) is 0. The monoisotopic (exact) mass is 634 g/mol. The van der Waals surface area contributed by atoms with E-state index in [1.165, 1.54) is 0 Å². The molecule has 3 atom stereocenters. The zero-order valence-electron chi connectivity index (χ0n) is 24.5. The molecule has 41 heavy (non-hydrogen) atoms. The zero-order chi connectivity index (χ0) is 30.4. The fraction of sp³-hybridized carbons (Fsp3) is 0.923. The van der Waals surface area contributed by atoms with Crippen LogP contribution in [-0.4, -0.2) is 143 Å². The van der Waals surface area contributed by atoms with Crippen LogP contribution in [0.3, 0.4) is 0 Å². The molecule has 3 unspecified atom stereocenters. The van der Waals surface area contributed by atoms with Gasteiger partial charge in [0.15, 0.2) is 0 Å². The molecule has 0 aliphatic carbocycles. The van der Waals surface area contributed by atoms with Gasteiger partial charge in [0, 0.05) is 48.0 Å². The van der Waals surface area contributed by atoms with Gasteiger partial charge in [-0.15, -0.1) is 0 Å². The Morgan fingerprint density at radius 1 is 0.732 bits per heavy atom. The number of rotatable bonds is 22. The second-order valence-electron chi connectivity index (χ2n) is 8.83. The van der Waals surface area contributed by atoms with Crippen LogP contribution < -0.4 is 0 Å². The van der Waals surface area contributed by atoms with Gasteiger partial charge in [0.1, 0.15) is 0 Å². The van der Waals surface area contributed by atoms with E-state index in [-0.39, 0.29) is 23.8 Å². The minimum atomic E-state index is -1.04. The van der Waals surface area contributed by atoms with E-state index in [2.05, 4.69) is 0 Å². The van der Waals surface area contributed by atoms with Crippen LogP contribution in [0, 0.1) is 11.8 Å². The zero-order valence-corrected chi connectivity index (χ0v) is 26.1. The van der Waals surface area contributed by atoms with Gasteiger partial charge in [-0.1, -0.05) is 0 Å². The fourth-order valence-corrected chi connectivity index (χ4v) is 5.72.